The van der Waals surface area contributed by atoms with Crippen molar-refractivity contribution in [2.75, 3.05) is 0 Å². The van der Waals surface area contributed by atoms with Crippen molar-refractivity contribution in [3.05, 3.63) is 170 Å². The van der Waals surface area contributed by atoms with Crippen LogP contribution in [0.1, 0.15) is 0 Å². The summed E-state index contributed by atoms with van der Waals surface area (Å²) in [6.45, 7) is 0. The van der Waals surface area contributed by atoms with Gasteiger partial charge in [0.2, 0.25) is 0 Å². The molecule has 0 aliphatic heterocycles. The summed E-state index contributed by atoms with van der Waals surface area (Å²) in [5.41, 5.74) is 7.90. The van der Waals surface area contributed by atoms with Crippen LogP contribution in [0.25, 0.3) is 120 Å². The molecule has 0 aliphatic rings. The van der Waals surface area contributed by atoms with E-state index in [4.69, 9.17) is 9.97 Å². The van der Waals surface area contributed by atoms with Gasteiger partial charge in [0, 0.05) is 43.3 Å². The lowest BCUT2D eigenvalue weighted by Crippen LogP contribution is -2.03. The highest BCUT2D eigenvalue weighted by molar-refractivity contribution is 6.37. The summed E-state index contributed by atoms with van der Waals surface area (Å²) < 4.78 is 4.93. The molecule has 4 aromatic heterocycles. The van der Waals surface area contributed by atoms with Gasteiger partial charge in [-0.3, -0.25) is 4.57 Å². The number of hydrogen-bond acceptors (Lipinski definition) is 2. The van der Waals surface area contributed by atoms with Crippen molar-refractivity contribution in [2.24, 2.45) is 0 Å². The Morgan fingerprint density at radius 1 is 0.352 bits per heavy atom. The summed E-state index contributed by atoms with van der Waals surface area (Å²) in [5, 5.41) is 15.9. The third-order valence-electron chi connectivity index (χ3n) is 11.8. The van der Waals surface area contributed by atoms with E-state index in [0.717, 1.165) is 27.8 Å². The number of para-hydroxylation sites is 3. The molecule has 0 atom stereocenters. The SMILES string of the molecule is c1ccc2c(c1)ccc1ccc(-c3nc(-n4c5ccccc5c5cc6c7ccccc7n7c8ccc9ccccc9c8c(c54)c67)c4ccccc4n3)cc12. The van der Waals surface area contributed by atoms with E-state index in [1.807, 2.05) is 0 Å². The molecular formula is C50H28N4. The van der Waals surface area contributed by atoms with E-state index < -0.39 is 0 Å². The Morgan fingerprint density at radius 2 is 0.944 bits per heavy atom. The molecule has 4 heterocycles. The van der Waals surface area contributed by atoms with E-state index in [0.29, 0.717) is 5.82 Å². The Labute approximate surface area is 308 Å². The Bertz CT molecular complexity index is 3740. The lowest BCUT2D eigenvalue weighted by molar-refractivity contribution is 1.08. The molecule has 0 saturated carbocycles. The standard InChI is InChI=1S/C50H28N4/c1-3-13-33-29(11-1)21-22-31-23-24-32(27-38(31)33)49-51-41-18-8-5-17-37(41)50(52-49)54-43-20-10-7-16-36(43)40-28-39-35-15-6-9-19-42(35)53-44-26-25-30-12-2-4-14-34(30)45(44)46(47(39)53)48(40)54/h1-28H. The average Bonchev–Trinajstić information content (AvgIpc) is 3.88. The molecule has 0 spiro atoms. The maximum Gasteiger partial charge on any atom is 0.162 e. The zero-order chi connectivity index (χ0) is 35.1. The molecule has 0 fully saturated rings. The fourth-order valence-corrected chi connectivity index (χ4v) is 9.49. The molecular weight excluding hydrogens is 657 g/mol. The van der Waals surface area contributed by atoms with Crippen molar-refractivity contribution >= 4 is 103 Å². The van der Waals surface area contributed by atoms with Gasteiger partial charge in [-0.2, -0.15) is 0 Å². The molecule has 0 unspecified atom stereocenters. The van der Waals surface area contributed by atoms with Gasteiger partial charge < -0.3 is 4.40 Å². The smallest absolute Gasteiger partial charge is 0.162 e. The Kier molecular flexibility index (Phi) is 5.34. The van der Waals surface area contributed by atoms with Crippen molar-refractivity contribution in [1.82, 2.24) is 18.9 Å². The van der Waals surface area contributed by atoms with Crippen LogP contribution in [0.5, 0.6) is 0 Å². The third-order valence-corrected chi connectivity index (χ3v) is 11.8. The van der Waals surface area contributed by atoms with Crippen LogP contribution in [-0.4, -0.2) is 18.9 Å². The second kappa shape index (κ2) is 10.2. The lowest BCUT2D eigenvalue weighted by atomic mass is 9.99. The van der Waals surface area contributed by atoms with Crippen LogP contribution in [0.15, 0.2) is 170 Å². The van der Waals surface area contributed by atoms with Crippen LogP contribution in [0, 0.1) is 0 Å². The van der Waals surface area contributed by atoms with Crippen molar-refractivity contribution in [3.63, 3.8) is 0 Å². The van der Waals surface area contributed by atoms with E-state index in [1.165, 1.54) is 86.7 Å². The van der Waals surface area contributed by atoms with Crippen LogP contribution in [0.3, 0.4) is 0 Å². The summed E-state index contributed by atoms with van der Waals surface area (Å²) in [6.07, 6.45) is 0. The van der Waals surface area contributed by atoms with Gasteiger partial charge in [-0.1, -0.05) is 127 Å². The second-order valence-corrected chi connectivity index (χ2v) is 14.5. The van der Waals surface area contributed by atoms with Crippen LogP contribution in [-0.2, 0) is 0 Å². The Balaban J connectivity index is 1.23. The Morgan fingerprint density at radius 3 is 1.78 bits per heavy atom. The zero-order valence-corrected chi connectivity index (χ0v) is 29.0. The van der Waals surface area contributed by atoms with Gasteiger partial charge in [-0.05, 0) is 74.8 Å². The maximum absolute atomic E-state index is 5.58. The molecule has 0 amide bonds. The molecule has 248 valence electrons. The van der Waals surface area contributed by atoms with Gasteiger partial charge in [0.1, 0.15) is 5.82 Å². The highest BCUT2D eigenvalue weighted by atomic mass is 15.1. The van der Waals surface area contributed by atoms with E-state index in [2.05, 4.69) is 179 Å². The molecule has 13 rings (SSSR count). The summed E-state index contributed by atoms with van der Waals surface area (Å²) in [6, 6.07) is 61.6. The highest BCUT2D eigenvalue weighted by Gasteiger charge is 2.26. The first kappa shape index (κ1) is 28.3. The number of aromatic nitrogens is 4. The van der Waals surface area contributed by atoms with E-state index in [9.17, 15) is 0 Å². The molecule has 0 N–H and O–H groups in total. The number of nitrogens with zero attached hydrogens (tertiary/aromatic N) is 4. The molecule has 13 aromatic rings. The monoisotopic (exact) mass is 684 g/mol. The van der Waals surface area contributed by atoms with E-state index >= 15 is 0 Å². The summed E-state index contributed by atoms with van der Waals surface area (Å²) in [5.74, 6) is 1.59. The largest absolute Gasteiger partial charge is 0.308 e. The second-order valence-electron chi connectivity index (χ2n) is 14.5. The predicted molar refractivity (Wildman–Crippen MR) is 226 cm³/mol. The third kappa shape index (κ3) is 3.57. The summed E-state index contributed by atoms with van der Waals surface area (Å²) >= 11 is 0. The van der Waals surface area contributed by atoms with Crippen molar-refractivity contribution in [3.8, 4) is 17.2 Å². The van der Waals surface area contributed by atoms with Gasteiger partial charge in [0.05, 0.1) is 33.1 Å². The van der Waals surface area contributed by atoms with E-state index in [-0.39, 0.29) is 0 Å². The molecule has 4 nitrogen and oxygen atoms in total. The van der Waals surface area contributed by atoms with E-state index in [1.54, 1.807) is 0 Å². The number of hydrogen-bond donors (Lipinski definition) is 0. The van der Waals surface area contributed by atoms with Gasteiger partial charge in [0.15, 0.2) is 5.82 Å². The normalized spacial score (nSPS) is 12.4. The molecule has 9 aromatic carbocycles. The summed E-state index contributed by atoms with van der Waals surface area (Å²) in [4.78, 5) is 10.8. The van der Waals surface area contributed by atoms with Crippen molar-refractivity contribution in [2.45, 2.75) is 0 Å². The quantitative estimate of drug-likeness (QED) is 0.170. The molecule has 4 heteroatoms. The predicted octanol–water partition coefficient (Wildman–Crippen LogP) is 13.0. The minimum absolute atomic E-state index is 0.710. The first-order valence-corrected chi connectivity index (χ1v) is 18.5. The van der Waals surface area contributed by atoms with Crippen LogP contribution in [0.2, 0.25) is 0 Å². The van der Waals surface area contributed by atoms with Crippen molar-refractivity contribution < 1.29 is 0 Å². The highest BCUT2D eigenvalue weighted by Crippen LogP contribution is 2.48. The average molecular weight is 685 g/mol. The molecule has 0 aliphatic carbocycles. The van der Waals surface area contributed by atoms with Crippen molar-refractivity contribution in [1.29, 1.82) is 0 Å². The molecule has 54 heavy (non-hydrogen) atoms. The number of benzene rings is 9. The van der Waals surface area contributed by atoms with Crippen LogP contribution in [0.4, 0.5) is 0 Å². The maximum atomic E-state index is 5.58. The van der Waals surface area contributed by atoms with Gasteiger partial charge >= 0.3 is 0 Å². The lowest BCUT2D eigenvalue weighted by Gasteiger charge is -2.14. The topological polar surface area (TPSA) is 35.1 Å². The fraction of sp³-hybridized carbons (Fsp3) is 0. The van der Waals surface area contributed by atoms with Crippen LogP contribution >= 0.6 is 0 Å². The van der Waals surface area contributed by atoms with Gasteiger partial charge in [-0.25, -0.2) is 9.97 Å². The summed E-state index contributed by atoms with van der Waals surface area (Å²) in [7, 11) is 0. The number of fused-ring (bicyclic) bond motifs is 16. The first-order valence-electron chi connectivity index (χ1n) is 18.5. The minimum Gasteiger partial charge on any atom is -0.308 e. The molecule has 0 bridgehead atoms. The van der Waals surface area contributed by atoms with Crippen LogP contribution < -0.4 is 0 Å². The minimum atomic E-state index is 0.710. The fourth-order valence-electron chi connectivity index (χ4n) is 9.49. The Hall–Kier alpha value is -7.30. The zero-order valence-electron chi connectivity index (χ0n) is 29.0. The first-order chi connectivity index (χ1) is 26.8. The molecule has 0 radical (unpaired) electrons. The number of rotatable bonds is 2. The molecule has 0 saturated heterocycles. The van der Waals surface area contributed by atoms with Gasteiger partial charge in [-0.15, -0.1) is 0 Å². The van der Waals surface area contributed by atoms with Gasteiger partial charge in [0.25, 0.3) is 0 Å².